The topological polar surface area (TPSA) is 40.2 Å². The molecule has 5 atom stereocenters. The highest BCUT2D eigenvalue weighted by molar-refractivity contribution is 7.44. The van der Waals surface area contributed by atoms with Gasteiger partial charge in [0.1, 0.15) is 14.0 Å². The van der Waals surface area contributed by atoms with Crippen molar-refractivity contribution in [3.05, 3.63) is 0 Å². The van der Waals surface area contributed by atoms with Gasteiger partial charge in [0, 0.05) is 31.1 Å². The van der Waals surface area contributed by atoms with Crippen molar-refractivity contribution in [2.45, 2.75) is 104 Å². The van der Waals surface area contributed by atoms with Crippen LogP contribution in [0.25, 0.3) is 0 Å². The minimum Gasteiger partial charge on any atom is -0.414 e. The third kappa shape index (κ3) is 6.50. The first-order valence-electron chi connectivity index (χ1n) is 10.7. The van der Waals surface area contributed by atoms with Crippen molar-refractivity contribution in [3.8, 4) is 0 Å². The van der Waals surface area contributed by atoms with E-state index in [1.807, 2.05) is 0 Å². The van der Waals surface area contributed by atoms with Crippen molar-refractivity contribution < 1.29 is 18.2 Å². The second kappa shape index (κ2) is 11.6. The minimum absolute atomic E-state index is 0.00308. The van der Waals surface area contributed by atoms with Gasteiger partial charge in [0.15, 0.2) is 8.32 Å². The summed E-state index contributed by atoms with van der Waals surface area (Å²) in [6.07, 6.45) is -0.0174. The summed E-state index contributed by atoms with van der Waals surface area (Å²) in [5, 5.41) is 0. The molecule has 0 amide bonds. The van der Waals surface area contributed by atoms with E-state index in [-0.39, 0.29) is 18.2 Å². The van der Waals surface area contributed by atoms with Crippen LogP contribution in [0, 0.1) is 5.92 Å². The van der Waals surface area contributed by atoms with Crippen molar-refractivity contribution in [3.63, 3.8) is 0 Å². The summed E-state index contributed by atoms with van der Waals surface area (Å²) in [5.74, 6) is 0.320. The Morgan fingerprint density at radius 3 is 2.00 bits per heavy atom. The predicted octanol–water partition coefficient (Wildman–Crippen LogP) is 4.38. The lowest BCUT2D eigenvalue weighted by Gasteiger charge is -2.38. The molecule has 0 aromatic heterocycles. The molecule has 0 radical (unpaired) electrons. The second-order valence-corrected chi connectivity index (χ2v) is 14.6. The van der Waals surface area contributed by atoms with Gasteiger partial charge >= 0.3 is 0 Å². The molecule has 0 saturated carbocycles. The van der Waals surface area contributed by atoms with Gasteiger partial charge in [0.2, 0.25) is 0 Å². The fourth-order valence-corrected chi connectivity index (χ4v) is 8.27. The molecule has 1 heterocycles. The van der Waals surface area contributed by atoms with E-state index in [0.717, 1.165) is 18.1 Å². The summed E-state index contributed by atoms with van der Waals surface area (Å²) < 4.78 is 27.5. The lowest BCUT2D eigenvalue weighted by molar-refractivity contribution is 0.00283. The average Bonchev–Trinajstić information content (AvgIpc) is 2.89. The highest BCUT2D eigenvalue weighted by Crippen LogP contribution is 2.49. The Morgan fingerprint density at radius 2 is 1.59 bits per heavy atom. The molecule has 8 heteroatoms. The Kier molecular flexibility index (Phi) is 11.0. The summed E-state index contributed by atoms with van der Waals surface area (Å²) in [6, 6.07) is 4.36. The van der Waals surface area contributed by atoms with Gasteiger partial charge < -0.3 is 18.2 Å². The van der Waals surface area contributed by atoms with E-state index >= 15 is 0 Å². The molecule has 2 unspecified atom stereocenters. The van der Waals surface area contributed by atoms with Crippen LogP contribution in [-0.2, 0) is 18.2 Å². The molecule has 0 aromatic rings. The van der Waals surface area contributed by atoms with Crippen LogP contribution in [0.4, 0.5) is 0 Å². The molecule has 0 aromatic carbocycles. The van der Waals surface area contributed by atoms with E-state index in [0.29, 0.717) is 24.6 Å². The van der Waals surface area contributed by atoms with Gasteiger partial charge in [0.25, 0.3) is 8.53 Å². The highest BCUT2D eigenvalue weighted by Gasteiger charge is 2.44. The summed E-state index contributed by atoms with van der Waals surface area (Å²) in [6.45, 7) is 18.4. The molecule has 0 bridgehead atoms. The Balaban J connectivity index is 2.90. The van der Waals surface area contributed by atoms with Crippen LogP contribution in [0.5, 0.6) is 0 Å². The van der Waals surface area contributed by atoms with E-state index < -0.39 is 16.8 Å². The third-order valence-electron chi connectivity index (χ3n) is 6.12. The van der Waals surface area contributed by atoms with E-state index in [4.69, 9.17) is 18.2 Å². The monoisotopic (exact) mass is 419 g/mol. The molecule has 1 saturated heterocycles. The molecule has 1 aliphatic rings. The van der Waals surface area contributed by atoms with Crippen LogP contribution in [0.15, 0.2) is 0 Å². The van der Waals surface area contributed by atoms with Crippen molar-refractivity contribution >= 4 is 24.7 Å². The fraction of sp³-hybridized carbons (Fsp3) is 1.00. The van der Waals surface area contributed by atoms with Gasteiger partial charge in [-0.3, -0.25) is 0 Å². The maximum atomic E-state index is 6.59. The molecule has 0 spiro atoms. The normalized spacial score (nSPS) is 27.9. The number of ether oxygens (including phenoxy) is 1. The van der Waals surface area contributed by atoms with Gasteiger partial charge in [-0.2, -0.15) is 0 Å². The Hall–Kier alpha value is 0.512. The van der Waals surface area contributed by atoms with E-state index in [9.17, 15) is 0 Å². The third-order valence-corrected chi connectivity index (χ3v) is 12.8. The molecule has 5 nitrogen and oxygen atoms in total. The first kappa shape index (κ1) is 25.5. The van der Waals surface area contributed by atoms with Crippen molar-refractivity contribution in [1.29, 1.82) is 0 Å². The number of rotatable bonds is 12. The van der Waals surface area contributed by atoms with Gasteiger partial charge in [-0.1, -0.05) is 27.7 Å². The quantitative estimate of drug-likeness (QED) is 0.347. The van der Waals surface area contributed by atoms with Crippen LogP contribution in [0.2, 0.25) is 18.1 Å². The van der Waals surface area contributed by atoms with Crippen molar-refractivity contribution in [2.75, 3.05) is 13.7 Å². The number of nitrogens with zero attached hydrogens (tertiary/aromatic N) is 1. The molecule has 160 valence electrons. The summed E-state index contributed by atoms with van der Waals surface area (Å²) in [4.78, 5) is 0. The van der Waals surface area contributed by atoms with Crippen LogP contribution in [0.1, 0.15) is 55.4 Å². The predicted molar refractivity (Wildman–Crippen MR) is 120 cm³/mol. The van der Waals surface area contributed by atoms with Gasteiger partial charge in [0.05, 0.1) is 12.7 Å². The van der Waals surface area contributed by atoms with E-state index in [1.165, 1.54) is 0 Å². The first-order chi connectivity index (χ1) is 12.7. The standard InChI is InChI=1S/C19H43BNO4PSi/c1-10-27(11-2,12-3)23-13-17-18(16(8)19(20)24-17)25-26(22-9)21(14(4)5)15(6)7/h14-19H,10-13,20H2,1-9H3/t16?,17-,18-,19-,26?/m1/s1. The minimum atomic E-state index is -1.64. The molecular weight excluding hydrogens is 376 g/mol. The van der Waals surface area contributed by atoms with Crippen molar-refractivity contribution in [2.24, 2.45) is 5.92 Å². The van der Waals surface area contributed by atoms with Gasteiger partial charge in [-0.05, 0) is 45.8 Å². The molecule has 1 rings (SSSR count). The maximum Gasteiger partial charge on any atom is 0.259 e. The maximum absolute atomic E-state index is 6.59. The molecule has 0 aliphatic carbocycles. The van der Waals surface area contributed by atoms with Crippen LogP contribution in [0.3, 0.4) is 0 Å². The Bertz CT molecular complexity index is 412. The zero-order valence-corrected chi connectivity index (χ0v) is 21.2. The first-order valence-corrected chi connectivity index (χ1v) is 14.4. The zero-order chi connectivity index (χ0) is 20.8. The molecule has 0 N–H and O–H groups in total. The molecule has 27 heavy (non-hydrogen) atoms. The SMILES string of the molecule is B[C@@H]1O[C@H](CO[Si](CC)(CC)CC)[C@H](OP(OC)N(C(C)C)C(C)C)C1C. The largest absolute Gasteiger partial charge is 0.414 e. The Morgan fingerprint density at radius 1 is 1.07 bits per heavy atom. The van der Waals surface area contributed by atoms with Crippen LogP contribution >= 0.6 is 8.53 Å². The lowest BCUT2D eigenvalue weighted by Crippen LogP contribution is -2.42. The fourth-order valence-electron chi connectivity index (χ4n) is 3.97. The van der Waals surface area contributed by atoms with Gasteiger partial charge in [-0.15, -0.1) is 0 Å². The number of hydrogen-bond acceptors (Lipinski definition) is 5. The number of hydrogen-bond donors (Lipinski definition) is 0. The van der Waals surface area contributed by atoms with Crippen LogP contribution < -0.4 is 0 Å². The second-order valence-electron chi connectivity index (χ2n) is 8.35. The molecule has 1 fully saturated rings. The van der Waals surface area contributed by atoms with E-state index in [1.54, 1.807) is 7.11 Å². The van der Waals surface area contributed by atoms with E-state index in [2.05, 4.69) is 67.9 Å². The van der Waals surface area contributed by atoms with Crippen LogP contribution in [-0.4, -0.2) is 64.8 Å². The Labute approximate surface area is 171 Å². The average molecular weight is 419 g/mol. The summed E-state index contributed by atoms with van der Waals surface area (Å²) in [5.41, 5.74) is 0. The lowest BCUT2D eigenvalue weighted by atomic mass is 9.86. The highest BCUT2D eigenvalue weighted by atomic mass is 31.2. The molecule has 1 aliphatic heterocycles. The summed E-state index contributed by atoms with van der Waals surface area (Å²) in [7, 11) is 1.13. The zero-order valence-electron chi connectivity index (χ0n) is 19.3. The molecular formula is C19H43BNO4PSi. The summed E-state index contributed by atoms with van der Waals surface area (Å²) >= 11 is 0. The van der Waals surface area contributed by atoms with Gasteiger partial charge in [-0.25, -0.2) is 4.67 Å². The smallest absolute Gasteiger partial charge is 0.259 e. The van der Waals surface area contributed by atoms with Crippen molar-refractivity contribution in [1.82, 2.24) is 4.67 Å².